The van der Waals surface area contributed by atoms with Gasteiger partial charge in [0.15, 0.2) is 5.13 Å². The molecule has 0 aliphatic heterocycles. The van der Waals surface area contributed by atoms with Crippen LogP contribution in [-0.2, 0) is 11.2 Å². The molecule has 1 aromatic heterocycles. The number of nitrogens with zero attached hydrogens (tertiary/aromatic N) is 1. The summed E-state index contributed by atoms with van der Waals surface area (Å²) < 4.78 is 0. The lowest BCUT2D eigenvalue weighted by molar-refractivity contribution is -0.118. The Labute approximate surface area is 178 Å². The highest BCUT2D eigenvalue weighted by Crippen LogP contribution is 2.26. The maximum atomic E-state index is 12.8. The molecule has 2 N–H and O–H groups in total. The zero-order chi connectivity index (χ0) is 20.1. The summed E-state index contributed by atoms with van der Waals surface area (Å²) in [4.78, 5) is 30.9. The first-order valence-electron chi connectivity index (χ1n) is 9.48. The van der Waals surface area contributed by atoms with Crippen molar-refractivity contribution in [2.75, 3.05) is 11.1 Å². The van der Waals surface area contributed by atoms with Crippen LogP contribution in [-0.4, -0.2) is 28.6 Å². The highest BCUT2D eigenvalue weighted by atomic mass is 32.2. The van der Waals surface area contributed by atoms with E-state index in [-0.39, 0.29) is 11.8 Å². The number of thiazole rings is 1. The van der Waals surface area contributed by atoms with E-state index in [2.05, 4.69) is 27.8 Å². The largest absolute Gasteiger partial charge is 0.353 e. The van der Waals surface area contributed by atoms with E-state index in [1.165, 1.54) is 28.7 Å². The van der Waals surface area contributed by atoms with E-state index in [0.717, 1.165) is 29.0 Å². The third kappa shape index (κ3) is 5.68. The van der Waals surface area contributed by atoms with Gasteiger partial charge in [-0.3, -0.25) is 14.9 Å². The van der Waals surface area contributed by atoms with Crippen molar-refractivity contribution < 1.29 is 9.59 Å². The first-order valence-corrected chi connectivity index (χ1v) is 11.3. The summed E-state index contributed by atoms with van der Waals surface area (Å²) >= 11 is 2.86. The van der Waals surface area contributed by atoms with Crippen LogP contribution < -0.4 is 10.6 Å². The van der Waals surface area contributed by atoms with Crippen LogP contribution in [0, 0.1) is 0 Å². The predicted octanol–water partition coefficient (Wildman–Crippen LogP) is 4.36. The van der Waals surface area contributed by atoms with Gasteiger partial charge in [-0.15, -0.1) is 23.1 Å². The summed E-state index contributed by atoms with van der Waals surface area (Å²) in [5.74, 6) is 0.105. The summed E-state index contributed by atoms with van der Waals surface area (Å²) in [7, 11) is 0. The van der Waals surface area contributed by atoms with Crippen molar-refractivity contribution >= 4 is 40.0 Å². The second-order valence-electron chi connectivity index (χ2n) is 6.87. The topological polar surface area (TPSA) is 71.1 Å². The van der Waals surface area contributed by atoms with Gasteiger partial charge in [0.25, 0.3) is 5.91 Å². The zero-order valence-electron chi connectivity index (χ0n) is 15.8. The molecule has 0 bridgehead atoms. The van der Waals surface area contributed by atoms with Crippen molar-refractivity contribution in [1.29, 1.82) is 0 Å². The Kier molecular flexibility index (Phi) is 6.27. The van der Waals surface area contributed by atoms with E-state index in [1.54, 1.807) is 12.3 Å². The van der Waals surface area contributed by atoms with Crippen LogP contribution >= 0.6 is 23.1 Å². The van der Waals surface area contributed by atoms with E-state index in [0.29, 0.717) is 22.5 Å². The molecule has 5 nitrogen and oxygen atoms in total. The highest BCUT2D eigenvalue weighted by molar-refractivity contribution is 8.00. The summed E-state index contributed by atoms with van der Waals surface area (Å²) in [5, 5.41) is 6.43. The van der Waals surface area contributed by atoms with Crippen molar-refractivity contribution in [2.45, 2.75) is 30.2 Å². The molecule has 1 aliphatic carbocycles. The molecule has 3 aromatic rings. The summed E-state index contributed by atoms with van der Waals surface area (Å²) in [6.45, 7) is 0. The maximum absolute atomic E-state index is 12.8. The van der Waals surface area contributed by atoms with Gasteiger partial charge in [-0.05, 0) is 30.5 Å². The molecule has 1 aliphatic rings. The number of rotatable bonds is 8. The van der Waals surface area contributed by atoms with Gasteiger partial charge in [0.05, 0.1) is 11.3 Å². The monoisotopic (exact) mass is 423 g/mol. The van der Waals surface area contributed by atoms with Crippen molar-refractivity contribution in [2.24, 2.45) is 0 Å². The number of anilines is 1. The Balaban J connectivity index is 1.37. The molecule has 1 saturated carbocycles. The predicted molar refractivity (Wildman–Crippen MR) is 118 cm³/mol. The molecule has 7 heteroatoms. The van der Waals surface area contributed by atoms with Crippen molar-refractivity contribution in [3.8, 4) is 0 Å². The Morgan fingerprint density at radius 2 is 1.83 bits per heavy atom. The van der Waals surface area contributed by atoms with E-state index in [9.17, 15) is 9.59 Å². The Hall–Kier alpha value is -2.64. The Bertz CT molecular complexity index is 1000. The average Bonchev–Trinajstić information content (AvgIpc) is 3.45. The molecular formula is C22H21N3O2S2. The number of amides is 2. The molecule has 148 valence electrons. The van der Waals surface area contributed by atoms with Crippen molar-refractivity contribution in [3.63, 3.8) is 0 Å². The van der Waals surface area contributed by atoms with E-state index in [1.807, 2.05) is 36.4 Å². The molecule has 2 amide bonds. The Morgan fingerprint density at radius 1 is 1.07 bits per heavy atom. The number of benzene rings is 2. The molecule has 29 heavy (non-hydrogen) atoms. The molecule has 0 radical (unpaired) electrons. The van der Waals surface area contributed by atoms with Crippen LogP contribution in [0.3, 0.4) is 0 Å². The van der Waals surface area contributed by atoms with E-state index >= 15 is 0 Å². The van der Waals surface area contributed by atoms with Crippen molar-refractivity contribution in [3.05, 3.63) is 76.8 Å². The molecule has 1 heterocycles. The molecule has 4 rings (SSSR count). The normalized spacial score (nSPS) is 13.1. The summed E-state index contributed by atoms with van der Waals surface area (Å²) in [5.41, 5.74) is 1.76. The lowest BCUT2D eigenvalue weighted by Crippen LogP contribution is -2.27. The first-order chi connectivity index (χ1) is 14.2. The minimum atomic E-state index is -0.212. The Morgan fingerprint density at radius 3 is 2.62 bits per heavy atom. The number of carbonyl (C=O) groups is 2. The fraction of sp³-hybridized carbons (Fsp3) is 0.227. The number of aromatic nitrogens is 1. The third-order valence-corrected chi connectivity index (χ3v) is 6.41. The number of thioether (sulfide) groups is 1. The SMILES string of the molecule is O=C(CSc1ccccc1C(=O)Nc1ncc(Cc2ccccc2)s1)NC1CC1. The van der Waals surface area contributed by atoms with Crippen LogP contribution in [0.15, 0.2) is 65.7 Å². The van der Waals surface area contributed by atoms with Crippen LogP contribution in [0.25, 0.3) is 0 Å². The molecule has 0 spiro atoms. The van der Waals surface area contributed by atoms with Crippen molar-refractivity contribution in [1.82, 2.24) is 10.3 Å². The van der Waals surface area contributed by atoms with Gasteiger partial charge in [-0.2, -0.15) is 0 Å². The number of nitrogens with one attached hydrogen (secondary N) is 2. The lowest BCUT2D eigenvalue weighted by atomic mass is 10.1. The fourth-order valence-corrected chi connectivity index (χ4v) is 4.53. The van der Waals surface area contributed by atoms with Gasteiger partial charge < -0.3 is 5.32 Å². The van der Waals surface area contributed by atoms with Gasteiger partial charge in [0.2, 0.25) is 5.91 Å². The van der Waals surface area contributed by atoms with Gasteiger partial charge in [0.1, 0.15) is 0 Å². The first kappa shape index (κ1) is 19.7. The van der Waals surface area contributed by atoms with E-state index in [4.69, 9.17) is 0 Å². The van der Waals surface area contributed by atoms with Crippen LogP contribution in [0.1, 0.15) is 33.6 Å². The minimum absolute atomic E-state index is 0.0122. The minimum Gasteiger partial charge on any atom is -0.353 e. The van der Waals surface area contributed by atoms with E-state index < -0.39 is 0 Å². The van der Waals surface area contributed by atoms with Crippen LogP contribution in [0.5, 0.6) is 0 Å². The number of hydrogen-bond donors (Lipinski definition) is 2. The highest BCUT2D eigenvalue weighted by Gasteiger charge is 2.23. The summed E-state index contributed by atoms with van der Waals surface area (Å²) in [6.07, 6.45) is 4.72. The number of carbonyl (C=O) groups excluding carboxylic acids is 2. The lowest BCUT2D eigenvalue weighted by Gasteiger charge is -2.09. The smallest absolute Gasteiger partial charge is 0.258 e. The standard InChI is InChI=1S/C22H21N3O2S2/c26-20(24-16-10-11-16)14-28-19-9-5-4-8-18(19)21(27)25-22-23-13-17(29-22)12-15-6-2-1-3-7-15/h1-9,13,16H,10-12,14H2,(H,24,26)(H,23,25,27). The molecule has 2 aromatic carbocycles. The second kappa shape index (κ2) is 9.24. The quantitative estimate of drug-likeness (QED) is 0.528. The molecule has 0 unspecified atom stereocenters. The average molecular weight is 424 g/mol. The number of hydrogen-bond acceptors (Lipinski definition) is 5. The van der Waals surface area contributed by atoms with Crippen LogP contribution in [0.4, 0.5) is 5.13 Å². The van der Waals surface area contributed by atoms with Gasteiger partial charge in [0, 0.05) is 28.4 Å². The molecule has 1 fully saturated rings. The van der Waals surface area contributed by atoms with Gasteiger partial charge in [-0.1, -0.05) is 42.5 Å². The molecule has 0 atom stereocenters. The molecule has 0 saturated heterocycles. The zero-order valence-corrected chi connectivity index (χ0v) is 17.4. The fourth-order valence-electron chi connectivity index (χ4n) is 2.83. The maximum Gasteiger partial charge on any atom is 0.258 e. The summed E-state index contributed by atoms with van der Waals surface area (Å²) in [6, 6.07) is 17.9. The third-order valence-electron chi connectivity index (χ3n) is 4.43. The van der Waals surface area contributed by atoms with Gasteiger partial charge in [-0.25, -0.2) is 4.98 Å². The second-order valence-corrected chi connectivity index (χ2v) is 9.01. The molecular weight excluding hydrogens is 402 g/mol. The van der Waals surface area contributed by atoms with Gasteiger partial charge >= 0.3 is 0 Å². The van der Waals surface area contributed by atoms with Crippen LogP contribution in [0.2, 0.25) is 0 Å².